The van der Waals surface area contributed by atoms with Crippen LogP contribution in [0.5, 0.6) is 0 Å². The molecule has 17 heavy (non-hydrogen) atoms. The number of rotatable bonds is 5. The number of hydrogen-bond donors (Lipinski definition) is 2. The first-order chi connectivity index (χ1) is 8.01. The van der Waals surface area contributed by atoms with E-state index in [0.717, 1.165) is 17.3 Å². The number of halogens is 1. The Labute approximate surface area is 110 Å². The van der Waals surface area contributed by atoms with Crippen LogP contribution in [-0.2, 0) is 4.79 Å². The molecule has 0 fully saturated rings. The highest BCUT2D eigenvalue weighted by atomic mass is 79.9. The fourth-order valence-electron chi connectivity index (χ4n) is 2.16. The van der Waals surface area contributed by atoms with E-state index in [1.807, 2.05) is 26.0 Å². The van der Waals surface area contributed by atoms with Gasteiger partial charge < -0.3 is 10.8 Å². The molecule has 0 aromatic heterocycles. The van der Waals surface area contributed by atoms with Crippen LogP contribution in [0, 0.1) is 5.92 Å². The first kappa shape index (κ1) is 14.0. The molecule has 0 aliphatic carbocycles. The van der Waals surface area contributed by atoms with Crippen molar-refractivity contribution in [3.8, 4) is 0 Å². The van der Waals surface area contributed by atoms with Gasteiger partial charge in [0.05, 0.1) is 5.92 Å². The van der Waals surface area contributed by atoms with Crippen molar-refractivity contribution in [1.29, 1.82) is 0 Å². The molecule has 0 saturated carbocycles. The molecule has 0 saturated heterocycles. The molecule has 94 valence electrons. The van der Waals surface area contributed by atoms with Gasteiger partial charge in [0.1, 0.15) is 0 Å². The Kier molecular flexibility index (Phi) is 5.00. The molecule has 1 aromatic rings. The van der Waals surface area contributed by atoms with Gasteiger partial charge in [-0.15, -0.1) is 0 Å². The number of carboxylic acid groups (broad SMARTS) is 1. The van der Waals surface area contributed by atoms with E-state index < -0.39 is 11.9 Å². The molecule has 0 aliphatic heterocycles. The molecule has 1 unspecified atom stereocenters. The van der Waals surface area contributed by atoms with Crippen LogP contribution in [0.4, 0.5) is 5.69 Å². The quantitative estimate of drug-likeness (QED) is 0.816. The molecule has 3 N–H and O–H groups in total. The summed E-state index contributed by atoms with van der Waals surface area (Å²) in [6.45, 7) is 4.02. The van der Waals surface area contributed by atoms with Gasteiger partial charge in [0.2, 0.25) is 0 Å². The molecule has 1 atom stereocenters. The molecular weight excluding hydrogens is 282 g/mol. The normalized spacial score (nSPS) is 12.7. The van der Waals surface area contributed by atoms with Gasteiger partial charge in [-0.2, -0.15) is 0 Å². The van der Waals surface area contributed by atoms with Gasteiger partial charge in [-0.1, -0.05) is 42.6 Å². The second-order valence-corrected chi connectivity index (χ2v) is 5.08. The predicted molar refractivity (Wildman–Crippen MR) is 73.0 cm³/mol. The molecule has 1 rings (SSSR count). The maximum absolute atomic E-state index is 11.5. The summed E-state index contributed by atoms with van der Waals surface area (Å²) in [7, 11) is 0. The van der Waals surface area contributed by atoms with Gasteiger partial charge in [0.15, 0.2) is 0 Å². The minimum atomic E-state index is -0.802. The van der Waals surface area contributed by atoms with Gasteiger partial charge in [-0.05, 0) is 29.7 Å². The standard InChI is InChI=1S/C13H18BrNO2/c1-3-8(4-2)12(13(16)17)10-7-9(14)5-6-11(10)15/h5-8,12H,3-4,15H2,1-2H3,(H,16,17). The molecule has 4 heteroatoms. The van der Waals surface area contributed by atoms with Crippen LogP contribution in [0.25, 0.3) is 0 Å². The average molecular weight is 300 g/mol. The number of aliphatic carboxylic acids is 1. The minimum absolute atomic E-state index is 0.115. The number of carbonyl (C=O) groups is 1. The van der Waals surface area contributed by atoms with Crippen LogP contribution in [-0.4, -0.2) is 11.1 Å². The van der Waals surface area contributed by atoms with Gasteiger partial charge in [0.25, 0.3) is 0 Å². The first-order valence-electron chi connectivity index (χ1n) is 5.78. The van der Waals surface area contributed by atoms with Gasteiger partial charge in [0, 0.05) is 10.2 Å². The number of nitrogen functional groups attached to an aromatic ring is 1. The van der Waals surface area contributed by atoms with Crippen molar-refractivity contribution in [2.75, 3.05) is 5.73 Å². The summed E-state index contributed by atoms with van der Waals surface area (Å²) in [4.78, 5) is 11.5. The first-order valence-corrected chi connectivity index (χ1v) is 6.58. The smallest absolute Gasteiger partial charge is 0.311 e. The van der Waals surface area contributed by atoms with E-state index in [9.17, 15) is 9.90 Å². The summed E-state index contributed by atoms with van der Waals surface area (Å²) in [6, 6.07) is 5.38. The number of anilines is 1. The van der Waals surface area contributed by atoms with Crippen molar-refractivity contribution in [1.82, 2.24) is 0 Å². The number of carboxylic acids is 1. The van der Waals surface area contributed by atoms with E-state index >= 15 is 0 Å². The van der Waals surface area contributed by atoms with E-state index in [0.29, 0.717) is 11.3 Å². The van der Waals surface area contributed by atoms with Crippen LogP contribution >= 0.6 is 15.9 Å². The second-order valence-electron chi connectivity index (χ2n) is 4.17. The highest BCUT2D eigenvalue weighted by molar-refractivity contribution is 9.10. The van der Waals surface area contributed by atoms with Crippen LogP contribution < -0.4 is 5.73 Å². The lowest BCUT2D eigenvalue weighted by atomic mass is 9.82. The highest BCUT2D eigenvalue weighted by Gasteiger charge is 2.29. The van der Waals surface area contributed by atoms with E-state index in [-0.39, 0.29) is 5.92 Å². The minimum Gasteiger partial charge on any atom is -0.481 e. The zero-order chi connectivity index (χ0) is 13.0. The van der Waals surface area contributed by atoms with Crippen LogP contribution in [0.2, 0.25) is 0 Å². The SMILES string of the molecule is CCC(CC)C(C(=O)O)c1cc(Br)ccc1N. The molecule has 0 spiro atoms. The van der Waals surface area contributed by atoms with Gasteiger partial charge in [-0.3, -0.25) is 4.79 Å². The summed E-state index contributed by atoms with van der Waals surface area (Å²) in [6.07, 6.45) is 1.67. The largest absolute Gasteiger partial charge is 0.481 e. The lowest BCUT2D eigenvalue weighted by Crippen LogP contribution is -2.22. The Hall–Kier alpha value is -1.03. The molecule has 0 heterocycles. The van der Waals surface area contributed by atoms with Crippen molar-refractivity contribution < 1.29 is 9.90 Å². The number of benzene rings is 1. The third-order valence-corrected chi connectivity index (χ3v) is 3.66. The maximum atomic E-state index is 11.5. The molecule has 0 amide bonds. The van der Waals surface area contributed by atoms with Gasteiger partial charge in [-0.25, -0.2) is 0 Å². The third kappa shape index (κ3) is 3.22. The van der Waals surface area contributed by atoms with Crippen LogP contribution in [0.3, 0.4) is 0 Å². The Balaban J connectivity index is 3.22. The molecule has 0 radical (unpaired) electrons. The summed E-state index contributed by atoms with van der Waals surface area (Å²) < 4.78 is 0.860. The summed E-state index contributed by atoms with van der Waals surface area (Å²) >= 11 is 3.36. The average Bonchev–Trinajstić information content (AvgIpc) is 2.29. The zero-order valence-electron chi connectivity index (χ0n) is 10.1. The Morgan fingerprint density at radius 2 is 2.00 bits per heavy atom. The fourth-order valence-corrected chi connectivity index (χ4v) is 2.54. The maximum Gasteiger partial charge on any atom is 0.311 e. The van der Waals surface area contributed by atoms with E-state index in [1.54, 1.807) is 6.07 Å². The monoisotopic (exact) mass is 299 g/mol. The highest BCUT2D eigenvalue weighted by Crippen LogP contribution is 2.34. The molecule has 0 aliphatic rings. The molecular formula is C13H18BrNO2. The van der Waals surface area contributed by atoms with Crippen molar-refractivity contribution in [2.24, 2.45) is 5.92 Å². The third-order valence-electron chi connectivity index (χ3n) is 3.17. The van der Waals surface area contributed by atoms with Crippen molar-refractivity contribution in [3.63, 3.8) is 0 Å². The van der Waals surface area contributed by atoms with Crippen molar-refractivity contribution in [3.05, 3.63) is 28.2 Å². The summed E-state index contributed by atoms with van der Waals surface area (Å²) in [5, 5.41) is 9.40. The fraction of sp³-hybridized carbons (Fsp3) is 0.462. The lowest BCUT2D eigenvalue weighted by Gasteiger charge is -2.23. The number of hydrogen-bond acceptors (Lipinski definition) is 2. The molecule has 0 bridgehead atoms. The second kappa shape index (κ2) is 6.05. The molecule has 3 nitrogen and oxygen atoms in total. The predicted octanol–water partition coefficient (Wildman–Crippen LogP) is 3.64. The van der Waals surface area contributed by atoms with Crippen molar-refractivity contribution >= 4 is 27.6 Å². The van der Waals surface area contributed by atoms with Gasteiger partial charge >= 0.3 is 5.97 Å². The van der Waals surface area contributed by atoms with Crippen molar-refractivity contribution in [2.45, 2.75) is 32.6 Å². The summed E-state index contributed by atoms with van der Waals surface area (Å²) in [5.74, 6) is -1.21. The van der Waals surface area contributed by atoms with Crippen LogP contribution in [0.1, 0.15) is 38.2 Å². The molecule has 1 aromatic carbocycles. The lowest BCUT2D eigenvalue weighted by molar-refractivity contribution is -0.140. The van der Waals surface area contributed by atoms with E-state index in [1.165, 1.54) is 0 Å². The Morgan fingerprint density at radius 1 is 1.41 bits per heavy atom. The van der Waals surface area contributed by atoms with Crippen LogP contribution in [0.15, 0.2) is 22.7 Å². The Bertz CT molecular complexity index is 402. The van der Waals surface area contributed by atoms with E-state index in [2.05, 4.69) is 15.9 Å². The topological polar surface area (TPSA) is 63.3 Å². The zero-order valence-corrected chi connectivity index (χ0v) is 11.7. The summed E-state index contributed by atoms with van der Waals surface area (Å²) in [5.41, 5.74) is 7.15. The Morgan fingerprint density at radius 3 is 2.47 bits per heavy atom. The number of nitrogens with two attached hydrogens (primary N) is 1. The van der Waals surface area contributed by atoms with E-state index in [4.69, 9.17) is 5.73 Å².